The molecule has 0 bridgehead atoms. The molecule has 2 unspecified atom stereocenters. The molecule has 1 heterocycles. The summed E-state index contributed by atoms with van der Waals surface area (Å²) in [4.78, 5) is 25.5. The van der Waals surface area contributed by atoms with Gasteiger partial charge in [-0.2, -0.15) is 0 Å². The fourth-order valence-corrected chi connectivity index (χ4v) is 2.63. The van der Waals surface area contributed by atoms with E-state index in [1.807, 2.05) is 20.8 Å². The number of carbonyl (C=O) groups is 2. The third kappa shape index (κ3) is 2.36. The van der Waals surface area contributed by atoms with Crippen LogP contribution in [-0.4, -0.2) is 47.2 Å². The van der Waals surface area contributed by atoms with Crippen molar-refractivity contribution < 1.29 is 19.4 Å². The van der Waals surface area contributed by atoms with Crippen molar-refractivity contribution in [1.82, 2.24) is 4.90 Å². The first kappa shape index (κ1) is 13.3. The number of likely N-dealkylation sites (tertiary alicyclic amines) is 1. The van der Waals surface area contributed by atoms with Gasteiger partial charge in [-0.1, -0.05) is 0 Å². The van der Waals surface area contributed by atoms with Crippen LogP contribution in [0.25, 0.3) is 0 Å². The van der Waals surface area contributed by atoms with Crippen molar-refractivity contribution in [2.75, 3.05) is 19.7 Å². The number of hydrogen-bond donors (Lipinski definition) is 1. The van der Waals surface area contributed by atoms with Crippen LogP contribution in [0.3, 0.4) is 0 Å². The number of rotatable bonds is 1. The van der Waals surface area contributed by atoms with Crippen molar-refractivity contribution in [3.05, 3.63) is 0 Å². The van der Waals surface area contributed by atoms with Gasteiger partial charge in [0.1, 0.15) is 11.4 Å². The van der Waals surface area contributed by atoms with Crippen molar-refractivity contribution in [3.8, 4) is 0 Å². The molecule has 0 radical (unpaired) electrons. The predicted octanol–water partition coefficient (Wildman–Crippen LogP) is 1.19. The van der Waals surface area contributed by atoms with Gasteiger partial charge in [0.05, 0.1) is 5.41 Å². The van der Waals surface area contributed by atoms with Crippen molar-refractivity contribution in [2.24, 2.45) is 11.3 Å². The number of amides is 1. The number of hydrogen-bond acceptors (Lipinski definition) is 4. The Labute approximate surface area is 107 Å². The maximum Gasteiger partial charge on any atom is 0.410 e. The number of carbonyl (C=O) groups excluding carboxylic acids is 2. The smallest absolute Gasteiger partial charge is 0.410 e. The number of Topliss-reactive ketones (excluding diaryl/α,β-unsaturated/α-hetero) is 1. The van der Waals surface area contributed by atoms with E-state index in [0.29, 0.717) is 25.9 Å². The van der Waals surface area contributed by atoms with Crippen LogP contribution in [0.2, 0.25) is 0 Å². The summed E-state index contributed by atoms with van der Waals surface area (Å²) in [6.45, 7) is 6.31. The fourth-order valence-electron chi connectivity index (χ4n) is 2.63. The first-order valence-electron chi connectivity index (χ1n) is 6.40. The molecule has 2 aliphatic rings. The van der Waals surface area contributed by atoms with E-state index in [-0.39, 0.29) is 24.4 Å². The van der Waals surface area contributed by atoms with E-state index in [9.17, 15) is 9.59 Å². The summed E-state index contributed by atoms with van der Waals surface area (Å²) in [5, 5.41) is 9.17. The Morgan fingerprint density at radius 3 is 2.72 bits per heavy atom. The minimum atomic E-state index is -0.522. The molecule has 1 saturated heterocycles. The number of aliphatic hydroxyl groups is 1. The lowest BCUT2D eigenvalue weighted by molar-refractivity contribution is -0.128. The van der Waals surface area contributed by atoms with Crippen molar-refractivity contribution in [2.45, 2.75) is 39.2 Å². The summed E-state index contributed by atoms with van der Waals surface area (Å²) in [5.41, 5.74) is -1.00. The monoisotopic (exact) mass is 255 g/mol. The van der Waals surface area contributed by atoms with Gasteiger partial charge < -0.3 is 14.7 Å². The Balaban J connectivity index is 2.01. The molecular formula is C13H21NO4. The van der Waals surface area contributed by atoms with E-state index >= 15 is 0 Å². The number of piperidine rings is 1. The van der Waals surface area contributed by atoms with Crippen molar-refractivity contribution in [3.63, 3.8) is 0 Å². The zero-order valence-electron chi connectivity index (χ0n) is 11.2. The molecule has 2 fully saturated rings. The zero-order chi connectivity index (χ0) is 13.6. The van der Waals surface area contributed by atoms with E-state index in [2.05, 4.69) is 0 Å². The Kier molecular flexibility index (Phi) is 3.13. The largest absolute Gasteiger partial charge is 0.444 e. The molecule has 0 aromatic carbocycles. The summed E-state index contributed by atoms with van der Waals surface area (Å²) in [7, 11) is 0. The Hall–Kier alpha value is -1.10. The van der Waals surface area contributed by atoms with Gasteiger partial charge in [0.25, 0.3) is 0 Å². The van der Waals surface area contributed by atoms with E-state index in [0.717, 1.165) is 0 Å². The summed E-state index contributed by atoms with van der Waals surface area (Å²) in [6, 6.07) is 0. The lowest BCUT2D eigenvalue weighted by atomic mass is 9.91. The topological polar surface area (TPSA) is 66.8 Å². The number of ether oxygens (including phenoxy) is 1. The van der Waals surface area contributed by atoms with Gasteiger partial charge in [0.15, 0.2) is 0 Å². The van der Waals surface area contributed by atoms with Crippen LogP contribution >= 0.6 is 0 Å². The van der Waals surface area contributed by atoms with Gasteiger partial charge in [-0.3, -0.25) is 4.79 Å². The molecule has 102 valence electrons. The molecule has 0 aromatic heterocycles. The SMILES string of the molecule is CC(C)(C)OC(=O)N1CCC(=O)C2(CC2CO)C1. The quantitative estimate of drug-likeness (QED) is 0.764. The van der Waals surface area contributed by atoms with Gasteiger partial charge in [-0.15, -0.1) is 0 Å². The molecule has 2 rings (SSSR count). The van der Waals surface area contributed by atoms with E-state index in [4.69, 9.17) is 9.84 Å². The van der Waals surface area contributed by atoms with Gasteiger partial charge >= 0.3 is 6.09 Å². The maximum absolute atomic E-state index is 12.0. The molecule has 5 heteroatoms. The molecule has 0 aromatic rings. The average molecular weight is 255 g/mol. The Morgan fingerprint density at radius 1 is 1.56 bits per heavy atom. The lowest BCUT2D eigenvalue weighted by Crippen LogP contribution is -2.48. The molecule has 2 atom stereocenters. The summed E-state index contributed by atoms with van der Waals surface area (Å²) >= 11 is 0. The van der Waals surface area contributed by atoms with Crippen LogP contribution < -0.4 is 0 Å². The predicted molar refractivity (Wildman–Crippen MR) is 65.1 cm³/mol. The molecule has 1 N–H and O–H groups in total. The minimum absolute atomic E-state index is 0.0217. The van der Waals surface area contributed by atoms with Crippen molar-refractivity contribution in [1.29, 1.82) is 0 Å². The standard InChI is InChI=1S/C13H21NO4/c1-12(2,3)18-11(17)14-5-4-10(16)13(8-14)6-9(13)7-15/h9,15H,4-8H2,1-3H3. The van der Waals surface area contributed by atoms with Crippen LogP contribution in [0.15, 0.2) is 0 Å². The zero-order valence-corrected chi connectivity index (χ0v) is 11.2. The fraction of sp³-hybridized carbons (Fsp3) is 0.846. The number of nitrogens with zero attached hydrogens (tertiary/aromatic N) is 1. The Morgan fingerprint density at radius 2 is 2.22 bits per heavy atom. The van der Waals surface area contributed by atoms with E-state index in [1.54, 1.807) is 4.90 Å². The summed E-state index contributed by atoms with van der Waals surface area (Å²) < 4.78 is 5.32. The van der Waals surface area contributed by atoms with Crippen LogP contribution in [0.5, 0.6) is 0 Å². The van der Waals surface area contributed by atoms with Gasteiger partial charge in [0, 0.05) is 26.1 Å². The van der Waals surface area contributed by atoms with Crippen LogP contribution in [0.1, 0.15) is 33.6 Å². The lowest BCUT2D eigenvalue weighted by Gasteiger charge is -2.34. The molecule has 5 nitrogen and oxygen atoms in total. The van der Waals surface area contributed by atoms with Gasteiger partial charge in [0.2, 0.25) is 0 Å². The highest BCUT2D eigenvalue weighted by molar-refractivity contribution is 5.90. The molecule has 1 aliphatic heterocycles. The molecule has 1 amide bonds. The third-order valence-electron chi connectivity index (χ3n) is 3.74. The maximum atomic E-state index is 12.0. The molecule has 1 saturated carbocycles. The highest BCUT2D eigenvalue weighted by Gasteiger charge is 2.61. The second-order valence-electron chi connectivity index (χ2n) is 6.31. The molecule has 1 aliphatic carbocycles. The number of ketones is 1. The third-order valence-corrected chi connectivity index (χ3v) is 3.74. The van der Waals surface area contributed by atoms with Crippen LogP contribution in [0, 0.1) is 11.3 Å². The minimum Gasteiger partial charge on any atom is -0.444 e. The molecule has 1 spiro atoms. The second-order valence-corrected chi connectivity index (χ2v) is 6.31. The molecular weight excluding hydrogens is 234 g/mol. The number of aliphatic hydroxyl groups excluding tert-OH is 1. The van der Waals surface area contributed by atoms with Gasteiger partial charge in [-0.25, -0.2) is 4.79 Å². The van der Waals surface area contributed by atoms with Crippen LogP contribution in [-0.2, 0) is 9.53 Å². The summed E-state index contributed by atoms with van der Waals surface area (Å²) in [5.74, 6) is 0.205. The highest BCUT2D eigenvalue weighted by Crippen LogP contribution is 2.55. The van der Waals surface area contributed by atoms with E-state index in [1.165, 1.54) is 0 Å². The Bertz CT molecular complexity index is 374. The normalized spacial score (nSPS) is 31.7. The first-order valence-corrected chi connectivity index (χ1v) is 6.40. The van der Waals surface area contributed by atoms with Crippen molar-refractivity contribution >= 4 is 11.9 Å². The second kappa shape index (κ2) is 4.23. The van der Waals surface area contributed by atoms with Crippen LogP contribution in [0.4, 0.5) is 4.79 Å². The molecule has 18 heavy (non-hydrogen) atoms. The van der Waals surface area contributed by atoms with E-state index < -0.39 is 11.0 Å². The highest BCUT2D eigenvalue weighted by atomic mass is 16.6. The first-order chi connectivity index (χ1) is 8.28. The average Bonchev–Trinajstić information content (AvgIpc) is 2.94. The van der Waals surface area contributed by atoms with Gasteiger partial charge in [-0.05, 0) is 33.1 Å². The summed E-state index contributed by atoms with van der Waals surface area (Å²) in [6.07, 6.45) is 0.704.